The van der Waals surface area contributed by atoms with E-state index in [1.54, 1.807) is 11.3 Å². The number of thiazole rings is 1. The van der Waals surface area contributed by atoms with Gasteiger partial charge in [0.05, 0.1) is 22.3 Å². The van der Waals surface area contributed by atoms with Crippen LogP contribution in [0.2, 0.25) is 0 Å². The molecule has 1 fully saturated rings. The van der Waals surface area contributed by atoms with Crippen LogP contribution in [-0.2, 0) is 0 Å². The molecule has 28 heavy (non-hydrogen) atoms. The lowest BCUT2D eigenvalue weighted by Crippen LogP contribution is -2.15. The van der Waals surface area contributed by atoms with Crippen LogP contribution in [0.25, 0.3) is 20.8 Å². The van der Waals surface area contributed by atoms with E-state index in [0.717, 1.165) is 38.0 Å². The van der Waals surface area contributed by atoms with Crippen molar-refractivity contribution in [3.8, 4) is 10.6 Å². The molecule has 0 atom stereocenters. The minimum Gasteiger partial charge on any atom is -0.381 e. The summed E-state index contributed by atoms with van der Waals surface area (Å²) in [5.74, 6) is 0.762. The lowest BCUT2D eigenvalue weighted by atomic mass is 10.2. The largest absolute Gasteiger partial charge is 0.381 e. The molecule has 140 valence electrons. The third-order valence-corrected chi connectivity index (χ3v) is 6.19. The Morgan fingerprint density at radius 1 is 0.929 bits per heavy atom. The molecule has 0 saturated heterocycles. The number of nitrogens with zero attached hydrogens (tertiary/aromatic N) is 3. The molecular weight excluding hydrogens is 366 g/mol. The molecule has 0 radical (unpaired) electrons. The van der Waals surface area contributed by atoms with Gasteiger partial charge in [0.2, 0.25) is 0 Å². The summed E-state index contributed by atoms with van der Waals surface area (Å²) in [7, 11) is 0. The molecule has 1 saturated carbocycles. The molecule has 0 spiro atoms. The molecule has 5 nitrogen and oxygen atoms in total. The number of rotatable bonds is 5. The van der Waals surface area contributed by atoms with E-state index in [0.29, 0.717) is 6.04 Å². The predicted molar refractivity (Wildman–Crippen MR) is 116 cm³/mol. The van der Waals surface area contributed by atoms with Crippen molar-refractivity contribution in [2.24, 2.45) is 0 Å². The summed E-state index contributed by atoms with van der Waals surface area (Å²) in [4.78, 5) is 13.7. The number of benzene rings is 1. The Bertz CT molecular complexity index is 1090. The second-order valence-corrected chi connectivity index (χ2v) is 8.09. The van der Waals surface area contributed by atoms with E-state index in [1.807, 2.05) is 48.9 Å². The van der Waals surface area contributed by atoms with Crippen LogP contribution < -0.4 is 10.6 Å². The summed E-state index contributed by atoms with van der Waals surface area (Å²) in [6, 6.07) is 14.8. The van der Waals surface area contributed by atoms with Gasteiger partial charge in [0, 0.05) is 24.0 Å². The molecule has 0 aliphatic heterocycles. The highest BCUT2D eigenvalue weighted by atomic mass is 32.1. The number of fused-ring (bicyclic) bond motifs is 1. The van der Waals surface area contributed by atoms with Crippen molar-refractivity contribution in [2.45, 2.75) is 31.7 Å². The predicted octanol–water partition coefficient (Wildman–Crippen LogP) is 5.85. The summed E-state index contributed by atoms with van der Waals surface area (Å²) in [5, 5.41) is 8.13. The molecule has 0 unspecified atom stereocenters. The van der Waals surface area contributed by atoms with E-state index < -0.39 is 0 Å². The van der Waals surface area contributed by atoms with Gasteiger partial charge in [-0.15, -0.1) is 11.3 Å². The Morgan fingerprint density at radius 2 is 1.79 bits per heavy atom. The van der Waals surface area contributed by atoms with Crippen LogP contribution in [0.5, 0.6) is 0 Å². The van der Waals surface area contributed by atoms with Gasteiger partial charge in [-0.25, -0.2) is 9.97 Å². The van der Waals surface area contributed by atoms with Crippen molar-refractivity contribution >= 4 is 38.7 Å². The van der Waals surface area contributed by atoms with Crippen LogP contribution in [0.1, 0.15) is 25.7 Å². The molecule has 6 heteroatoms. The Labute approximate surface area is 167 Å². The topological polar surface area (TPSA) is 62.7 Å². The highest BCUT2D eigenvalue weighted by Crippen LogP contribution is 2.35. The fraction of sp³-hybridized carbons (Fsp3) is 0.227. The maximum Gasteiger partial charge on any atom is 0.157 e. The Kier molecular flexibility index (Phi) is 4.62. The number of pyridine rings is 2. The maximum absolute atomic E-state index is 4.86. The summed E-state index contributed by atoms with van der Waals surface area (Å²) in [6.45, 7) is 0. The van der Waals surface area contributed by atoms with E-state index in [2.05, 4.69) is 32.7 Å². The highest BCUT2D eigenvalue weighted by Gasteiger charge is 2.17. The zero-order valence-corrected chi connectivity index (χ0v) is 16.2. The van der Waals surface area contributed by atoms with Crippen LogP contribution in [0.3, 0.4) is 0 Å². The normalized spacial score (nSPS) is 14.4. The lowest BCUT2D eigenvalue weighted by molar-refractivity contribution is 0.755. The Morgan fingerprint density at radius 3 is 2.64 bits per heavy atom. The van der Waals surface area contributed by atoms with Gasteiger partial charge < -0.3 is 10.6 Å². The van der Waals surface area contributed by atoms with E-state index in [9.17, 15) is 0 Å². The van der Waals surface area contributed by atoms with Crippen LogP contribution in [-0.4, -0.2) is 21.0 Å². The molecule has 4 aromatic rings. The van der Waals surface area contributed by atoms with E-state index in [1.165, 1.54) is 25.7 Å². The van der Waals surface area contributed by atoms with Gasteiger partial charge >= 0.3 is 0 Å². The van der Waals surface area contributed by atoms with Gasteiger partial charge in [0.1, 0.15) is 10.5 Å². The van der Waals surface area contributed by atoms with Gasteiger partial charge in [0.25, 0.3) is 0 Å². The molecule has 5 rings (SSSR count). The van der Waals surface area contributed by atoms with Crippen LogP contribution in [0.4, 0.5) is 17.2 Å². The minimum absolute atomic E-state index is 0.538. The lowest BCUT2D eigenvalue weighted by Gasteiger charge is -2.17. The number of aromatic nitrogens is 3. The summed E-state index contributed by atoms with van der Waals surface area (Å²) in [5.41, 5.74) is 4.02. The van der Waals surface area contributed by atoms with Crippen molar-refractivity contribution in [3.05, 3.63) is 61.1 Å². The van der Waals surface area contributed by atoms with E-state index >= 15 is 0 Å². The summed E-state index contributed by atoms with van der Waals surface area (Å²) in [6.07, 6.45) is 10.6. The van der Waals surface area contributed by atoms with Gasteiger partial charge in [-0.1, -0.05) is 43.2 Å². The van der Waals surface area contributed by atoms with E-state index in [-0.39, 0.29) is 0 Å². The molecule has 3 aromatic heterocycles. The molecule has 1 aliphatic carbocycles. The fourth-order valence-electron chi connectivity index (χ4n) is 3.69. The van der Waals surface area contributed by atoms with Gasteiger partial charge in [-0.3, -0.25) is 4.98 Å². The molecule has 0 bridgehead atoms. The van der Waals surface area contributed by atoms with Gasteiger partial charge in [0.15, 0.2) is 5.82 Å². The molecular formula is C22H21N5S. The van der Waals surface area contributed by atoms with E-state index in [4.69, 9.17) is 4.98 Å². The monoisotopic (exact) mass is 387 g/mol. The molecule has 3 heterocycles. The van der Waals surface area contributed by atoms with Crippen molar-refractivity contribution in [1.82, 2.24) is 15.0 Å². The first kappa shape index (κ1) is 17.1. The summed E-state index contributed by atoms with van der Waals surface area (Å²) >= 11 is 1.68. The van der Waals surface area contributed by atoms with Crippen molar-refractivity contribution < 1.29 is 0 Å². The second-order valence-electron chi connectivity index (χ2n) is 7.06. The number of hydrogen-bond donors (Lipinski definition) is 2. The number of nitrogens with one attached hydrogen (secondary N) is 2. The van der Waals surface area contributed by atoms with Crippen LogP contribution in [0, 0.1) is 0 Å². The van der Waals surface area contributed by atoms with Crippen molar-refractivity contribution in [3.63, 3.8) is 0 Å². The average molecular weight is 388 g/mol. The SMILES string of the molecule is c1ccc(-c2nc3c(Nc4cnccc4NC4CCCC4)nccc3s2)cc1. The van der Waals surface area contributed by atoms with Crippen LogP contribution in [0.15, 0.2) is 61.1 Å². The van der Waals surface area contributed by atoms with Crippen LogP contribution >= 0.6 is 11.3 Å². The van der Waals surface area contributed by atoms with Gasteiger partial charge in [-0.2, -0.15) is 0 Å². The average Bonchev–Trinajstić information content (AvgIpc) is 3.40. The first-order chi connectivity index (χ1) is 13.9. The number of anilines is 3. The Balaban J connectivity index is 1.48. The first-order valence-corrected chi connectivity index (χ1v) is 10.5. The standard InChI is InChI=1S/C22H21N5S/c1-2-6-15(7-3-1)22-27-20-19(28-22)11-13-24-21(20)26-18-14-23-12-10-17(18)25-16-8-4-5-9-16/h1-3,6-7,10-14,16H,4-5,8-9H2,(H,23,25)(H,24,26). The fourth-order valence-corrected chi connectivity index (χ4v) is 4.66. The van der Waals surface area contributed by atoms with Gasteiger partial charge in [-0.05, 0) is 25.0 Å². The van der Waals surface area contributed by atoms with Crippen molar-refractivity contribution in [1.29, 1.82) is 0 Å². The highest BCUT2D eigenvalue weighted by molar-refractivity contribution is 7.21. The quantitative estimate of drug-likeness (QED) is 0.450. The zero-order chi connectivity index (χ0) is 18.8. The third kappa shape index (κ3) is 3.43. The smallest absolute Gasteiger partial charge is 0.157 e. The first-order valence-electron chi connectivity index (χ1n) is 9.65. The minimum atomic E-state index is 0.538. The summed E-state index contributed by atoms with van der Waals surface area (Å²) < 4.78 is 1.12. The zero-order valence-electron chi connectivity index (χ0n) is 15.4. The Hall–Kier alpha value is -2.99. The van der Waals surface area contributed by atoms with Crippen molar-refractivity contribution in [2.75, 3.05) is 10.6 Å². The molecule has 2 N–H and O–H groups in total. The molecule has 1 aromatic carbocycles. The molecule has 1 aliphatic rings. The number of hydrogen-bond acceptors (Lipinski definition) is 6. The third-order valence-electron chi connectivity index (χ3n) is 5.12. The maximum atomic E-state index is 4.86. The molecule has 0 amide bonds. The second kappa shape index (κ2) is 7.56.